The Balaban J connectivity index is 1.71. The Bertz CT molecular complexity index is 1190. The minimum Gasteiger partial charge on any atom is -0.478 e. The lowest BCUT2D eigenvalue weighted by Gasteiger charge is -2.09. The summed E-state index contributed by atoms with van der Waals surface area (Å²) in [7, 11) is 0. The molecule has 2 N–H and O–H groups in total. The number of fused-ring (bicyclic) bond motifs is 1. The molecule has 2 aromatic heterocycles. The average molecular weight is 495 g/mol. The summed E-state index contributed by atoms with van der Waals surface area (Å²) < 4.78 is 0.967. The van der Waals surface area contributed by atoms with Gasteiger partial charge >= 0.3 is 5.97 Å². The molecule has 0 bridgehead atoms. The van der Waals surface area contributed by atoms with Gasteiger partial charge in [-0.15, -0.1) is 0 Å². The van der Waals surface area contributed by atoms with E-state index in [1.54, 1.807) is 12.3 Å². The van der Waals surface area contributed by atoms with Gasteiger partial charge in [-0.25, -0.2) is 9.78 Å². The standard InChI is InChI=1S/C23H18IN3O2/c1-2-25-17-7-3-14(4-8-17)15-5-9-21(26-13-15)22-12-19(23(28)29)18-11-16(24)6-10-20(18)27-22/h3-13,25H,2H2,1H3,(H,28,29). The number of carbonyl (C=O) groups is 1. The van der Waals surface area contributed by atoms with Crippen molar-refractivity contribution in [2.45, 2.75) is 6.92 Å². The van der Waals surface area contributed by atoms with Gasteiger partial charge in [0, 0.05) is 32.9 Å². The molecular weight excluding hydrogens is 477 g/mol. The van der Waals surface area contributed by atoms with Gasteiger partial charge in [-0.1, -0.05) is 18.2 Å². The fraction of sp³-hybridized carbons (Fsp3) is 0.0870. The Hall–Kier alpha value is -3.00. The van der Waals surface area contributed by atoms with Crippen molar-refractivity contribution in [1.82, 2.24) is 9.97 Å². The zero-order valence-corrected chi connectivity index (χ0v) is 17.8. The predicted octanol–water partition coefficient (Wildman–Crippen LogP) is 5.70. The van der Waals surface area contributed by atoms with Crippen LogP contribution in [0.4, 0.5) is 5.69 Å². The first-order chi connectivity index (χ1) is 14.0. The maximum Gasteiger partial charge on any atom is 0.336 e. The van der Waals surface area contributed by atoms with E-state index in [-0.39, 0.29) is 5.56 Å². The summed E-state index contributed by atoms with van der Waals surface area (Å²) in [5, 5.41) is 13.5. The first-order valence-corrected chi connectivity index (χ1v) is 10.3. The minimum atomic E-state index is -0.974. The van der Waals surface area contributed by atoms with Crippen LogP contribution < -0.4 is 5.32 Å². The Morgan fingerprint density at radius 2 is 1.76 bits per heavy atom. The van der Waals surface area contributed by atoms with E-state index in [0.29, 0.717) is 22.3 Å². The molecular formula is C23H18IN3O2. The van der Waals surface area contributed by atoms with E-state index in [0.717, 1.165) is 26.9 Å². The Morgan fingerprint density at radius 3 is 2.41 bits per heavy atom. The van der Waals surface area contributed by atoms with Gasteiger partial charge in [0.15, 0.2) is 0 Å². The highest BCUT2D eigenvalue weighted by atomic mass is 127. The number of nitrogens with zero attached hydrogens (tertiary/aromatic N) is 2. The second-order valence-electron chi connectivity index (χ2n) is 6.56. The number of hydrogen-bond donors (Lipinski definition) is 2. The predicted molar refractivity (Wildman–Crippen MR) is 124 cm³/mol. The van der Waals surface area contributed by atoms with E-state index >= 15 is 0 Å². The molecule has 0 aliphatic rings. The maximum atomic E-state index is 11.8. The Kier molecular flexibility index (Phi) is 5.44. The highest BCUT2D eigenvalue weighted by Gasteiger charge is 2.14. The number of pyridine rings is 2. The largest absolute Gasteiger partial charge is 0.478 e. The van der Waals surface area contributed by atoms with E-state index in [1.165, 1.54) is 0 Å². The van der Waals surface area contributed by atoms with Gasteiger partial charge in [0.1, 0.15) is 0 Å². The van der Waals surface area contributed by atoms with E-state index in [1.807, 2.05) is 54.6 Å². The lowest BCUT2D eigenvalue weighted by molar-refractivity contribution is 0.0699. The zero-order chi connectivity index (χ0) is 20.4. The lowest BCUT2D eigenvalue weighted by atomic mass is 10.0. The highest BCUT2D eigenvalue weighted by Crippen LogP contribution is 2.27. The molecule has 0 radical (unpaired) electrons. The number of carboxylic acid groups (broad SMARTS) is 1. The Labute approximate surface area is 182 Å². The molecule has 0 saturated carbocycles. The van der Waals surface area contributed by atoms with E-state index in [9.17, 15) is 9.90 Å². The number of anilines is 1. The molecule has 0 spiro atoms. The van der Waals surface area contributed by atoms with E-state index in [4.69, 9.17) is 0 Å². The van der Waals surface area contributed by atoms with Crippen LogP contribution in [0.3, 0.4) is 0 Å². The van der Waals surface area contributed by atoms with Gasteiger partial charge in [-0.3, -0.25) is 4.98 Å². The number of halogens is 1. The van der Waals surface area contributed by atoms with Crippen LogP contribution in [0.25, 0.3) is 33.4 Å². The first kappa shape index (κ1) is 19.3. The van der Waals surface area contributed by atoms with Crippen molar-refractivity contribution in [3.63, 3.8) is 0 Å². The average Bonchev–Trinajstić information content (AvgIpc) is 2.74. The van der Waals surface area contributed by atoms with Gasteiger partial charge in [0.05, 0.1) is 22.5 Å². The third kappa shape index (κ3) is 4.07. The summed E-state index contributed by atoms with van der Waals surface area (Å²) in [6, 6.07) is 19.2. The monoisotopic (exact) mass is 495 g/mol. The normalized spacial score (nSPS) is 10.8. The second kappa shape index (κ2) is 8.16. The van der Waals surface area contributed by atoms with Gasteiger partial charge in [0.25, 0.3) is 0 Å². The molecule has 0 aliphatic heterocycles. The van der Waals surface area contributed by atoms with Crippen LogP contribution in [0, 0.1) is 3.57 Å². The van der Waals surface area contributed by atoms with Crippen molar-refractivity contribution in [2.75, 3.05) is 11.9 Å². The van der Waals surface area contributed by atoms with Crippen molar-refractivity contribution >= 4 is 45.2 Å². The van der Waals surface area contributed by atoms with Gasteiger partial charge in [-0.05, 0) is 77.5 Å². The zero-order valence-electron chi connectivity index (χ0n) is 15.7. The molecule has 0 amide bonds. The van der Waals surface area contributed by atoms with Crippen molar-refractivity contribution in [3.05, 3.63) is 76.0 Å². The molecule has 0 atom stereocenters. The lowest BCUT2D eigenvalue weighted by Crippen LogP contribution is -2.01. The van der Waals surface area contributed by atoms with Crippen LogP contribution in [0.1, 0.15) is 17.3 Å². The third-order valence-corrected chi connectivity index (χ3v) is 5.30. The summed E-state index contributed by atoms with van der Waals surface area (Å²) in [6.07, 6.45) is 1.79. The van der Waals surface area contributed by atoms with Crippen LogP contribution in [0.5, 0.6) is 0 Å². The van der Waals surface area contributed by atoms with Crippen LogP contribution in [-0.2, 0) is 0 Å². The number of hydrogen-bond acceptors (Lipinski definition) is 4. The second-order valence-corrected chi connectivity index (χ2v) is 7.81. The Morgan fingerprint density at radius 1 is 1.00 bits per heavy atom. The fourth-order valence-electron chi connectivity index (χ4n) is 3.21. The first-order valence-electron chi connectivity index (χ1n) is 9.19. The van der Waals surface area contributed by atoms with Gasteiger partial charge in [-0.2, -0.15) is 0 Å². The number of benzene rings is 2. The SMILES string of the molecule is CCNc1ccc(-c2ccc(-c3cc(C(=O)O)c4cc(I)ccc4n3)nc2)cc1. The number of carboxylic acids is 1. The summed E-state index contributed by atoms with van der Waals surface area (Å²) in [6.45, 7) is 2.94. The molecule has 0 saturated heterocycles. The summed E-state index contributed by atoms with van der Waals surface area (Å²) >= 11 is 2.17. The van der Waals surface area contributed by atoms with Crippen molar-refractivity contribution in [2.24, 2.45) is 0 Å². The molecule has 6 heteroatoms. The quantitative estimate of drug-likeness (QED) is 0.348. The van der Waals surface area contributed by atoms with Crippen LogP contribution in [-0.4, -0.2) is 27.6 Å². The topological polar surface area (TPSA) is 75.1 Å². The smallest absolute Gasteiger partial charge is 0.336 e. The number of aromatic nitrogens is 2. The molecule has 5 nitrogen and oxygen atoms in total. The number of aromatic carboxylic acids is 1. The van der Waals surface area contributed by atoms with E-state index < -0.39 is 5.97 Å². The maximum absolute atomic E-state index is 11.8. The van der Waals surface area contributed by atoms with Crippen LogP contribution >= 0.6 is 22.6 Å². The molecule has 0 aliphatic carbocycles. The number of nitrogens with one attached hydrogen (secondary N) is 1. The number of rotatable bonds is 5. The highest BCUT2D eigenvalue weighted by molar-refractivity contribution is 14.1. The van der Waals surface area contributed by atoms with Gasteiger partial charge in [0.2, 0.25) is 0 Å². The summed E-state index contributed by atoms with van der Waals surface area (Å²) in [5.74, 6) is -0.974. The molecule has 2 heterocycles. The van der Waals surface area contributed by atoms with Crippen molar-refractivity contribution < 1.29 is 9.90 Å². The molecule has 0 fully saturated rings. The fourth-order valence-corrected chi connectivity index (χ4v) is 3.70. The molecule has 4 aromatic rings. The molecule has 4 rings (SSSR count). The van der Waals surface area contributed by atoms with Gasteiger partial charge < -0.3 is 10.4 Å². The van der Waals surface area contributed by atoms with Crippen LogP contribution in [0.2, 0.25) is 0 Å². The summed E-state index contributed by atoms with van der Waals surface area (Å²) in [5.41, 5.74) is 5.20. The molecule has 29 heavy (non-hydrogen) atoms. The van der Waals surface area contributed by atoms with Crippen molar-refractivity contribution in [1.29, 1.82) is 0 Å². The molecule has 0 unspecified atom stereocenters. The molecule has 144 valence electrons. The minimum absolute atomic E-state index is 0.230. The van der Waals surface area contributed by atoms with Crippen molar-refractivity contribution in [3.8, 4) is 22.5 Å². The summed E-state index contributed by atoms with van der Waals surface area (Å²) in [4.78, 5) is 20.9. The third-order valence-electron chi connectivity index (χ3n) is 4.63. The van der Waals surface area contributed by atoms with Crippen LogP contribution in [0.15, 0.2) is 66.9 Å². The molecule has 2 aromatic carbocycles. The van der Waals surface area contributed by atoms with E-state index in [2.05, 4.69) is 44.8 Å².